The minimum absolute atomic E-state index is 0.0726. The monoisotopic (exact) mass is 199 g/mol. The van der Waals surface area contributed by atoms with Crippen LogP contribution in [-0.2, 0) is 10.0 Å². The molecule has 0 aliphatic heterocycles. The zero-order chi connectivity index (χ0) is 10.1. The predicted octanol–water partition coefficient (Wildman–Crippen LogP) is -0.342. The van der Waals surface area contributed by atoms with Gasteiger partial charge in [-0.2, -0.15) is 0 Å². The first-order chi connectivity index (χ1) is 5.91. The Kier molecular flexibility index (Phi) is 2.35. The molecular weight excluding hydrogens is 190 g/mol. The van der Waals surface area contributed by atoms with Crippen molar-refractivity contribution in [2.45, 2.75) is 4.90 Å². The van der Waals surface area contributed by atoms with Gasteiger partial charge in [0.15, 0.2) is 0 Å². The second kappa shape index (κ2) is 3.15. The maximum absolute atomic E-state index is 10.9. The van der Waals surface area contributed by atoms with Crippen molar-refractivity contribution in [3.8, 4) is 0 Å². The van der Waals surface area contributed by atoms with Gasteiger partial charge in [0.25, 0.3) is 0 Å². The molecule has 0 fully saturated rings. The van der Waals surface area contributed by atoms with Gasteiger partial charge in [-0.15, -0.1) is 0 Å². The van der Waals surface area contributed by atoms with Gasteiger partial charge in [0.2, 0.25) is 10.0 Å². The predicted molar refractivity (Wildman–Crippen MR) is 48.8 cm³/mol. The third-order valence-electron chi connectivity index (χ3n) is 1.41. The van der Waals surface area contributed by atoms with E-state index in [9.17, 15) is 8.42 Å². The van der Waals surface area contributed by atoms with Crippen LogP contribution in [0.15, 0.2) is 29.9 Å². The summed E-state index contributed by atoms with van der Waals surface area (Å²) in [4.78, 5) is 3.60. The highest BCUT2D eigenvalue weighted by atomic mass is 32.2. The van der Waals surface area contributed by atoms with Gasteiger partial charge in [-0.25, -0.2) is 13.6 Å². The van der Waals surface area contributed by atoms with Gasteiger partial charge < -0.3 is 5.73 Å². The fourth-order valence-electron chi connectivity index (χ4n) is 0.750. The van der Waals surface area contributed by atoms with E-state index in [1.54, 1.807) is 0 Å². The molecule has 0 radical (unpaired) electrons. The van der Waals surface area contributed by atoms with E-state index in [-0.39, 0.29) is 10.6 Å². The average Bonchev–Trinajstić information content (AvgIpc) is 2.03. The van der Waals surface area contributed by atoms with Crippen LogP contribution in [0.5, 0.6) is 0 Å². The summed E-state index contributed by atoms with van der Waals surface area (Å²) in [6.07, 6.45) is 2.57. The lowest BCUT2D eigenvalue weighted by atomic mass is 10.2. The molecule has 13 heavy (non-hydrogen) atoms. The van der Waals surface area contributed by atoms with Crippen molar-refractivity contribution >= 4 is 15.7 Å². The number of hydrogen-bond acceptors (Lipinski definition) is 4. The average molecular weight is 199 g/mol. The van der Waals surface area contributed by atoms with E-state index in [2.05, 4.69) is 11.6 Å². The molecule has 70 valence electrons. The van der Waals surface area contributed by atoms with Gasteiger partial charge in [-0.1, -0.05) is 6.58 Å². The third-order valence-corrected chi connectivity index (χ3v) is 2.29. The van der Waals surface area contributed by atoms with Gasteiger partial charge in [-0.05, 0) is 6.07 Å². The van der Waals surface area contributed by atoms with Crippen LogP contribution < -0.4 is 10.9 Å². The van der Waals surface area contributed by atoms with Crippen LogP contribution in [0.25, 0.3) is 5.70 Å². The Morgan fingerprint density at radius 1 is 1.46 bits per heavy atom. The molecule has 5 nitrogen and oxygen atoms in total. The fraction of sp³-hybridized carbons (Fsp3) is 0. The lowest BCUT2D eigenvalue weighted by Crippen LogP contribution is -2.13. The number of sulfonamides is 1. The second-order valence-corrected chi connectivity index (χ2v) is 4.04. The first kappa shape index (κ1) is 9.69. The standard InChI is InChI=1S/C7H9N3O2S/c1-5(8)6-2-7(4-10-3-6)13(9,11)12/h2-4H,1,8H2,(H2,9,11,12). The van der Waals surface area contributed by atoms with Crippen LogP contribution in [0.2, 0.25) is 0 Å². The summed E-state index contributed by atoms with van der Waals surface area (Å²) in [6, 6.07) is 1.32. The normalized spacial score (nSPS) is 11.2. The zero-order valence-electron chi connectivity index (χ0n) is 6.77. The first-order valence-electron chi connectivity index (χ1n) is 3.34. The van der Waals surface area contributed by atoms with Gasteiger partial charge in [0, 0.05) is 23.7 Å². The molecule has 0 unspecified atom stereocenters. The molecule has 6 heteroatoms. The van der Waals surface area contributed by atoms with Crippen molar-refractivity contribution in [3.05, 3.63) is 30.6 Å². The molecule has 0 aromatic carbocycles. The van der Waals surface area contributed by atoms with Crippen LogP contribution in [0.3, 0.4) is 0 Å². The van der Waals surface area contributed by atoms with Crippen molar-refractivity contribution < 1.29 is 8.42 Å². The van der Waals surface area contributed by atoms with Gasteiger partial charge in [0.05, 0.1) is 0 Å². The zero-order valence-corrected chi connectivity index (χ0v) is 7.58. The van der Waals surface area contributed by atoms with Crippen molar-refractivity contribution in [3.63, 3.8) is 0 Å². The first-order valence-corrected chi connectivity index (χ1v) is 4.88. The highest BCUT2D eigenvalue weighted by molar-refractivity contribution is 7.89. The Morgan fingerprint density at radius 3 is 2.54 bits per heavy atom. The molecule has 1 aromatic heterocycles. The Bertz CT molecular complexity index is 439. The van der Waals surface area contributed by atoms with E-state index >= 15 is 0 Å². The number of nitrogens with two attached hydrogens (primary N) is 2. The molecule has 1 heterocycles. The molecule has 4 N–H and O–H groups in total. The van der Waals surface area contributed by atoms with E-state index in [0.29, 0.717) is 5.56 Å². The number of aromatic nitrogens is 1. The summed E-state index contributed by atoms with van der Waals surface area (Å²) in [6.45, 7) is 3.45. The second-order valence-electron chi connectivity index (χ2n) is 2.48. The molecule has 0 atom stereocenters. The highest BCUT2D eigenvalue weighted by Crippen LogP contribution is 2.10. The quantitative estimate of drug-likeness (QED) is 0.680. The largest absolute Gasteiger partial charge is 0.399 e. The van der Waals surface area contributed by atoms with E-state index in [1.165, 1.54) is 12.3 Å². The van der Waals surface area contributed by atoms with Gasteiger partial charge in [0.1, 0.15) is 4.90 Å². The molecule has 0 saturated carbocycles. The highest BCUT2D eigenvalue weighted by Gasteiger charge is 2.08. The van der Waals surface area contributed by atoms with E-state index in [0.717, 1.165) is 6.20 Å². The smallest absolute Gasteiger partial charge is 0.239 e. The lowest BCUT2D eigenvalue weighted by Gasteiger charge is -2.01. The number of hydrogen-bond donors (Lipinski definition) is 2. The minimum Gasteiger partial charge on any atom is -0.399 e. The molecule has 0 amide bonds. The Morgan fingerprint density at radius 2 is 2.08 bits per heavy atom. The molecule has 0 spiro atoms. The summed E-state index contributed by atoms with van der Waals surface area (Å²) in [5, 5.41) is 4.89. The van der Waals surface area contributed by atoms with Crippen LogP contribution in [-0.4, -0.2) is 13.4 Å². The van der Waals surface area contributed by atoms with Gasteiger partial charge >= 0.3 is 0 Å². The molecular formula is C7H9N3O2S. The molecule has 0 aliphatic carbocycles. The van der Waals surface area contributed by atoms with E-state index in [4.69, 9.17) is 10.9 Å². The minimum atomic E-state index is -3.72. The summed E-state index contributed by atoms with van der Waals surface area (Å²) in [5.74, 6) is 0. The number of pyridine rings is 1. The van der Waals surface area contributed by atoms with Crippen molar-refractivity contribution in [2.24, 2.45) is 10.9 Å². The molecule has 0 bridgehead atoms. The van der Waals surface area contributed by atoms with Crippen LogP contribution in [0, 0.1) is 0 Å². The molecule has 0 aliphatic rings. The van der Waals surface area contributed by atoms with Crippen LogP contribution >= 0.6 is 0 Å². The van der Waals surface area contributed by atoms with E-state index < -0.39 is 10.0 Å². The van der Waals surface area contributed by atoms with Crippen LogP contribution in [0.1, 0.15) is 5.56 Å². The SMILES string of the molecule is C=C(N)c1cncc(S(N)(=O)=O)c1. The Labute approximate surface area is 76.1 Å². The summed E-state index contributed by atoms with van der Waals surface area (Å²) >= 11 is 0. The molecule has 0 saturated heterocycles. The van der Waals surface area contributed by atoms with Crippen molar-refractivity contribution in [1.82, 2.24) is 4.98 Å². The fourth-order valence-corrected chi connectivity index (χ4v) is 1.25. The van der Waals surface area contributed by atoms with Crippen molar-refractivity contribution in [2.75, 3.05) is 0 Å². The molecule has 1 aromatic rings. The van der Waals surface area contributed by atoms with Crippen molar-refractivity contribution in [1.29, 1.82) is 0 Å². The van der Waals surface area contributed by atoms with E-state index in [1.807, 2.05) is 0 Å². The number of nitrogens with zero attached hydrogens (tertiary/aromatic N) is 1. The topological polar surface area (TPSA) is 99.1 Å². The van der Waals surface area contributed by atoms with Gasteiger partial charge in [-0.3, -0.25) is 4.98 Å². The molecule has 1 rings (SSSR count). The maximum Gasteiger partial charge on any atom is 0.239 e. The summed E-state index contributed by atoms with van der Waals surface area (Å²) < 4.78 is 21.7. The summed E-state index contributed by atoms with van der Waals surface area (Å²) in [7, 11) is -3.72. The summed E-state index contributed by atoms with van der Waals surface area (Å²) in [5.41, 5.74) is 6.05. The Hall–Kier alpha value is -1.40. The third kappa shape index (κ3) is 2.27. The van der Waals surface area contributed by atoms with Crippen LogP contribution in [0.4, 0.5) is 0 Å². The number of rotatable bonds is 2. The maximum atomic E-state index is 10.9. The number of primary sulfonamides is 1. The Balaban J connectivity index is 3.29. The lowest BCUT2D eigenvalue weighted by molar-refractivity contribution is 0.597.